The number of alkyl halides is 3. The van der Waals surface area contributed by atoms with Gasteiger partial charge in [0.2, 0.25) is 17.6 Å². The summed E-state index contributed by atoms with van der Waals surface area (Å²) in [5.41, 5.74) is 0.147. The molecule has 3 aliphatic heterocycles. The van der Waals surface area contributed by atoms with Gasteiger partial charge in [0, 0.05) is 44.7 Å². The zero-order valence-electron chi connectivity index (χ0n) is 23.1. The third kappa shape index (κ3) is 5.31. The molecule has 1 spiro atoms. The van der Waals surface area contributed by atoms with Crippen molar-refractivity contribution in [2.24, 2.45) is 5.41 Å². The average Bonchev–Trinajstić information content (AvgIpc) is 3.40. The Morgan fingerprint density at radius 2 is 1.86 bits per heavy atom. The summed E-state index contributed by atoms with van der Waals surface area (Å²) >= 11 is 6.09. The fourth-order valence-electron chi connectivity index (χ4n) is 5.93. The summed E-state index contributed by atoms with van der Waals surface area (Å²) < 4.78 is 47.7. The summed E-state index contributed by atoms with van der Waals surface area (Å²) in [5, 5.41) is 10.3. The van der Waals surface area contributed by atoms with Crippen LogP contribution in [0.25, 0.3) is 5.78 Å². The fourth-order valence-corrected chi connectivity index (χ4v) is 6.16. The van der Waals surface area contributed by atoms with E-state index in [1.807, 2.05) is 11.8 Å². The van der Waals surface area contributed by atoms with Crippen molar-refractivity contribution in [1.29, 1.82) is 0 Å². The number of halogens is 4. The Labute approximate surface area is 244 Å². The van der Waals surface area contributed by atoms with Crippen LogP contribution in [0.3, 0.4) is 0 Å². The Bertz CT molecular complexity index is 1550. The van der Waals surface area contributed by atoms with Gasteiger partial charge in [0.1, 0.15) is 12.2 Å². The first-order valence-corrected chi connectivity index (χ1v) is 14.4. The molecule has 0 radical (unpaired) electrons. The maximum absolute atomic E-state index is 13.9. The minimum absolute atomic E-state index is 0.0523. The van der Waals surface area contributed by atoms with Crippen molar-refractivity contribution in [3.05, 3.63) is 44.8 Å². The number of amides is 1. The number of rotatable bonds is 6. The third-order valence-electron chi connectivity index (χ3n) is 8.38. The molecule has 0 bridgehead atoms. The monoisotopic (exact) mass is 608 g/mol. The van der Waals surface area contributed by atoms with E-state index in [1.165, 1.54) is 4.52 Å². The Kier molecular flexibility index (Phi) is 7.56. The zero-order chi connectivity index (χ0) is 29.6. The summed E-state index contributed by atoms with van der Waals surface area (Å²) in [7, 11) is 0. The molecule has 1 aromatic carbocycles. The largest absolute Gasteiger partial charge is 0.416 e. The first-order valence-electron chi connectivity index (χ1n) is 14.1. The van der Waals surface area contributed by atoms with Gasteiger partial charge in [-0.25, -0.2) is 0 Å². The molecular formula is C27H32ClF3N8O3. The van der Waals surface area contributed by atoms with Crippen LogP contribution in [0.2, 0.25) is 5.02 Å². The molecule has 0 saturated carbocycles. The number of aromatic nitrogens is 4. The lowest BCUT2D eigenvalue weighted by Crippen LogP contribution is -2.51. The Morgan fingerprint density at radius 1 is 1.14 bits per heavy atom. The van der Waals surface area contributed by atoms with Gasteiger partial charge in [0.05, 0.1) is 35.2 Å². The predicted octanol–water partition coefficient (Wildman–Crippen LogP) is 2.79. The molecule has 42 heavy (non-hydrogen) atoms. The molecular weight excluding hydrogens is 577 g/mol. The maximum Gasteiger partial charge on any atom is 0.416 e. The van der Waals surface area contributed by atoms with Crippen molar-refractivity contribution >= 4 is 40.6 Å². The topological polar surface area (TPSA) is 109 Å². The normalized spacial score (nSPS) is 18.9. The molecule has 3 aliphatic rings. The van der Waals surface area contributed by atoms with Crippen LogP contribution < -0.4 is 26.0 Å². The lowest BCUT2D eigenvalue weighted by molar-refractivity contribution is -0.137. The number of carbonyl (C=O) groups is 1. The third-order valence-corrected chi connectivity index (χ3v) is 8.69. The predicted molar refractivity (Wildman–Crippen MR) is 151 cm³/mol. The summed E-state index contributed by atoms with van der Waals surface area (Å²) in [6.07, 6.45) is -2.24. The Hall–Kier alpha value is -3.36. The van der Waals surface area contributed by atoms with Crippen LogP contribution >= 0.6 is 11.6 Å². The minimum Gasteiger partial charge on any atom is -0.380 e. The maximum atomic E-state index is 13.9. The number of benzene rings is 1. The van der Waals surface area contributed by atoms with Crippen molar-refractivity contribution in [3.8, 4) is 0 Å². The van der Waals surface area contributed by atoms with Crippen LogP contribution in [-0.2, 0) is 28.7 Å². The number of piperazine rings is 1. The number of fused-ring (bicyclic) bond motifs is 1. The molecule has 3 saturated heterocycles. The molecule has 0 unspecified atom stereocenters. The molecule has 3 fully saturated rings. The molecule has 3 aromatic rings. The van der Waals surface area contributed by atoms with Crippen molar-refractivity contribution in [2.75, 3.05) is 67.6 Å². The van der Waals surface area contributed by atoms with Crippen LogP contribution in [-0.4, -0.2) is 77.6 Å². The summed E-state index contributed by atoms with van der Waals surface area (Å²) in [6, 6.07) is 2.77. The van der Waals surface area contributed by atoms with Crippen LogP contribution in [0, 0.1) is 5.41 Å². The van der Waals surface area contributed by atoms with E-state index in [1.54, 1.807) is 4.57 Å². The highest BCUT2D eigenvalue weighted by atomic mass is 35.5. The zero-order valence-corrected chi connectivity index (χ0v) is 23.9. The smallest absolute Gasteiger partial charge is 0.380 e. The molecule has 0 aliphatic carbocycles. The van der Waals surface area contributed by atoms with Gasteiger partial charge >= 0.3 is 6.18 Å². The second-order valence-electron chi connectivity index (χ2n) is 11.1. The number of hydrogen-bond acceptors (Lipinski definition) is 8. The van der Waals surface area contributed by atoms with Gasteiger partial charge in [-0.15, -0.1) is 5.10 Å². The number of piperidine rings is 1. The molecule has 2 N–H and O–H groups in total. The van der Waals surface area contributed by atoms with E-state index < -0.39 is 17.6 Å². The average molecular weight is 609 g/mol. The molecule has 11 nitrogen and oxygen atoms in total. The number of anilines is 3. The molecule has 2 aromatic heterocycles. The summed E-state index contributed by atoms with van der Waals surface area (Å²) in [5.74, 6) is 0.117. The van der Waals surface area contributed by atoms with E-state index in [0.29, 0.717) is 49.9 Å². The van der Waals surface area contributed by atoms with Gasteiger partial charge in [0.15, 0.2) is 0 Å². The van der Waals surface area contributed by atoms with E-state index in [0.717, 1.165) is 57.3 Å². The Morgan fingerprint density at radius 3 is 2.45 bits per heavy atom. The standard InChI is InChI=1S/C27H32ClF3N8O3/c1-2-20-22(36-11-7-32-8-12-36)23(41)39-25(34-24(35-39)37-9-5-26(6-10-37)15-42-16-26)38(20)14-21(40)33-19-4-3-17(13-18(19)28)27(29,30)31/h3-4,13,32H,2,5-12,14-16H2,1H3,(H,33,40). The van der Waals surface area contributed by atoms with Crippen LogP contribution in [0.15, 0.2) is 23.0 Å². The summed E-state index contributed by atoms with van der Waals surface area (Å²) in [4.78, 5) is 36.0. The van der Waals surface area contributed by atoms with Gasteiger partial charge < -0.3 is 29.7 Å². The van der Waals surface area contributed by atoms with Crippen molar-refractivity contribution < 1.29 is 22.7 Å². The van der Waals surface area contributed by atoms with Gasteiger partial charge in [-0.3, -0.25) is 9.59 Å². The van der Waals surface area contributed by atoms with Crippen LogP contribution in [0.1, 0.15) is 31.0 Å². The highest BCUT2D eigenvalue weighted by molar-refractivity contribution is 6.33. The second kappa shape index (κ2) is 11.0. The molecule has 5 heterocycles. The van der Waals surface area contributed by atoms with Crippen LogP contribution in [0.5, 0.6) is 0 Å². The van der Waals surface area contributed by atoms with Gasteiger partial charge in [-0.05, 0) is 37.5 Å². The van der Waals surface area contributed by atoms with E-state index in [4.69, 9.17) is 21.3 Å². The lowest BCUT2D eigenvalue weighted by Gasteiger charge is -2.47. The second-order valence-corrected chi connectivity index (χ2v) is 11.5. The highest BCUT2D eigenvalue weighted by Crippen LogP contribution is 2.39. The van der Waals surface area contributed by atoms with Crippen molar-refractivity contribution in [3.63, 3.8) is 0 Å². The minimum atomic E-state index is -4.56. The number of nitrogens with zero attached hydrogens (tertiary/aromatic N) is 6. The number of carbonyl (C=O) groups excluding carboxylic acids is 1. The quantitative estimate of drug-likeness (QED) is 0.440. The lowest BCUT2D eigenvalue weighted by atomic mass is 9.77. The molecule has 226 valence electrons. The van der Waals surface area contributed by atoms with Crippen molar-refractivity contribution in [1.82, 2.24) is 24.5 Å². The van der Waals surface area contributed by atoms with Gasteiger partial charge in [-0.2, -0.15) is 22.7 Å². The van der Waals surface area contributed by atoms with E-state index in [-0.39, 0.29) is 34.0 Å². The number of hydrogen-bond donors (Lipinski definition) is 2. The van der Waals surface area contributed by atoms with Gasteiger partial charge in [-0.1, -0.05) is 18.5 Å². The molecule has 0 atom stereocenters. The number of ether oxygens (including phenoxy) is 1. The van der Waals surface area contributed by atoms with Crippen LogP contribution in [0.4, 0.5) is 30.5 Å². The van der Waals surface area contributed by atoms with E-state index in [2.05, 4.69) is 20.6 Å². The number of nitrogens with one attached hydrogen (secondary N) is 2. The van der Waals surface area contributed by atoms with E-state index >= 15 is 0 Å². The first kappa shape index (κ1) is 28.7. The Balaban J connectivity index is 1.36. The molecule has 1 amide bonds. The van der Waals surface area contributed by atoms with E-state index in [9.17, 15) is 22.8 Å². The van der Waals surface area contributed by atoms with Crippen molar-refractivity contribution in [2.45, 2.75) is 38.9 Å². The van der Waals surface area contributed by atoms with Gasteiger partial charge in [0.25, 0.3) is 5.56 Å². The summed E-state index contributed by atoms with van der Waals surface area (Å²) in [6.45, 7) is 7.26. The SMILES string of the molecule is CCc1c(N2CCNCC2)c(=O)n2nc(N3CCC4(CC3)COC4)nc2n1CC(=O)Nc1ccc(C(F)(F)F)cc1Cl. The molecule has 6 rings (SSSR count). The highest BCUT2D eigenvalue weighted by Gasteiger charge is 2.42. The first-order chi connectivity index (χ1) is 20.1. The fraction of sp³-hybridized carbons (Fsp3) is 0.556. The molecule has 15 heteroatoms.